The molecule has 0 aliphatic heterocycles. The Morgan fingerprint density at radius 2 is 1.88 bits per heavy atom. The maximum Gasteiger partial charge on any atom is 0.328 e. The van der Waals surface area contributed by atoms with Crippen LogP contribution in [-0.2, 0) is 19.6 Å². The van der Waals surface area contributed by atoms with Crippen molar-refractivity contribution in [3.63, 3.8) is 0 Å². The van der Waals surface area contributed by atoms with Gasteiger partial charge >= 0.3 is 5.97 Å². The summed E-state index contributed by atoms with van der Waals surface area (Å²) in [5.74, 6) is -0.660. The molecule has 3 N–H and O–H groups in total. The molecule has 0 aliphatic carbocycles. The van der Waals surface area contributed by atoms with Gasteiger partial charge in [0.25, 0.3) is 5.91 Å². The summed E-state index contributed by atoms with van der Waals surface area (Å²) in [6, 6.07) is 7.67. The number of hydrogen-bond donors (Lipinski definition) is 2. The number of carbonyl (C=O) groups excluding carboxylic acids is 2. The maximum absolute atomic E-state index is 11.8. The standard InChI is InChI=1S/C16H18N2O7S/c1-11(18-15(19)14-3-2-8-24-14)16(20)25-10-9-23-12-4-6-13(7-5-12)26(17,21)22/h2-8,11H,9-10H2,1H3,(H,18,19)(H2,17,21,22)/t11-/m0/s1. The highest BCUT2D eigenvalue weighted by molar-refractivity contribution is 7.89. The highest BCUT2D eigenvalue weighted by Crippen LogP contribution is 2.14. The van der Waals surface area contributed by atoms with E-state index in [1.54, 1.807) is 6.07 Å². The van der Waals surface area contributed by atoms with Gasteiger partial charge in [0.15, 0.2) is 5.76 Å². The number of furan rings is 1. The largest absolute Gasteiger partial charge is 0.490 e. The molecule has 1 atom stereocenters. The topological polar surface area (TPSA) is 138 Å². The van der Waals surface area contributed by atoms with E-state index in [1.807, 2.05) is 0 Å². The van der Waals surface area contributed by atoms with E-state index in [1.165, 1.54) is 43.5 Å². The first-order valence-corrected chi connectivity index (χ1v) is 9.08. The summed E-state index contributed by atoms with van der Waals surface area (Å²) in [7, 11) is -3.76. The van der Waals surface area contributed by atoms with E-state index in [2.05, 4.69) is 5.32 Å². The van der Waals surface area contributed by atoms with E-state index < -0.39 is 27.9 Å². The summed E-state index contributed by atoms with van der Waals surface area (Å²) in [5.41, 5.74) is 0. The number of carbonyl (C=O) groups is 2. The third kappa shape index (κ3) is 5.60. The molecular formula is C16H18N2O7S. The lowest BCUT2D eigenvalue weighted by Gasteiger charge is -2.13. The molecule has 0 saturated carbocycles. The Morgan fingerprint density at radius 3 is 2.46 bits per heavy atom. The second-order valence-corrected chi connectivity index (χ2v) is 6.77. The average molecular weight is 382 g/mol. The zero-order chi connectivity index (χ0) is 19.2. The number of esters is 1. The van der Waals surface area contributed by atoms with Crippen molar-refractivity contribution in [3.8, 4) is 5.75 Å². The van der Waals surface area contributed by atoms with Crippen molar-refractivity contribution in [1.82, 2.24) is 5.32 Å². The number of benzene rings is 1. The van der Waals surface area contributed by atoms with E-state index in [0.29, 0.717) is 5.75 Å². The lowest BCUT2D eigenvalue weighted by molar-refractivity contribution is -0.146. The molecular weight excluding hydrogens is 364 g/mol. The first-order valence-electron chi connectivity index (χ1n) is 7.54. The van der Waals surface area contributed by atoms with Gasteiger partial charge in [0.1, 0.15) is 25.0 Å². The molecule has 1 amide bonds. The highest BCUT2D eigenvalue weighted by atomic mass is 32.2. The Balaban J connectivity index is 1.72. The number of ether oxygens (including phenoxy) is 2. The van der Waals surface area contributed by atoms with E-state index >= 15 is 0 Å². The lowest BCUT2D eigenvalue weighted by atomic mass is 10.3. The summed E-state index contributed by atoms with van der Waals surface area (Å²) >= 11 is 0. The minimum Gasteiger partial charge on any atom is -0.490 e. The van der Waals surface area contributed by atoms with Gasteiger partial charge in [-0.2, -0.15) is 0 Å². The van der Waals surface area contributed by atoms with Gasteiger partial charge in [0.05, 0.1) is 11.2 Å². The number of hydrogen-bond acceptors (Lipinski definition) is 7. The first-order chi connectivity index (χ1) is 12.3. The summed E-state index contributed by atoms with van der Waals surface area (Å²) in [4.78, 5) is 23.5. The maximum atomic E-state index is 11.8. The third-order valence-electron chi connectivity index (χ3n) is 3.19. The van der Waals surface area contributed by atoms with Gasteiger partial charge in [-0.15, -0.1) is 0 Å². The number of rotatable bonds is 8. The lowest BCUT2D eigenvalue weighted by Crippen LogP contribution is -2.39. The SMILES string of the molecule is C[C@H](NC(=O)c1ccco1)C(=O)OCCOc1ccc(S(N)(=O)=O)cc1. The van der Waals surface area contributed by atoms with Crippen LogP contribution in [0.5, 0.6) is 5.75 Å². The van der Waals surface area contributed by atoms with Gasteiger partial charge in [-0.05, 0) is 43.3 Å². The van der Waals surface area contributed by atoms with Crippen LogP contribution < -0.4 is 15.2 Å². The number of nitrogens with two attached hydrogens (primary N) is 1. The van der Waals surface area contributed by atoms with E-state index in [4.69, 9.17) is 19.0 Å². The van der Waals surface area contributed by atoms with Crippen molar-refractivity contribution in [2.24, 2.45) is 5.14 Å². The van der Waals surface area contributed by atoms with Crippen molar-refractivity contribution in [1.29, 1.82) is 0 Å². The predicted molar refractivity (Wildman–Crippen MR) is 89.9 cm³/mol. The molecule has 2 rings (SSSR count). The fraction of sp³-hybridized carbons (Fsp3) is 0.250. The van der Waals surface area contributed by atoms with Crippen LogP contribution in [0, 0.1) is 0 Å². The summed E-state index contributed by atoms with van der Waals surface area (Å²) in [6.07, 6.45) is 1.35. The van der Waals surface area contributed by atoms with E-state index in [9.17, 15) is 18.0 Å². The smallest absolute Gasteiger partial charge is 0.328 e. The van der Waals surface area contributed by atoms with Crippen molar-refractivity contribution in [2.75, 3.05) is 13.2 Å². The first kappa shape index (κ1) is 19.5. The fourth-order valence-electron chi connectivity index (χ4n) is 1.89. The summed E-state index contributed by atoms with van der Waals surface area (Å²) in [6.45, 7) is 1.49. The molecule has 0 bridgehead atoms. The molecule has 1 heterocycles. The molecule has 0 spiro atoms. The number of amides is 1. The Morgan fingerprint density at radius 1 is 1.19 bits per heavy atom. The van der Waals surface area contributed by atoms with Crippen LogP contribution >= 0.6 is 0 Å². The normalized spacial score (nSPS) is 12.2. The monoisotopic (exact) mass is 382 g/mol. The van der Waals surface area contributed by atoms with E-state index in [-0.39, 0.29) is 23.9 Å². The van der Waals surface area contributed by atoms with Gasteiger partial charge in [0, 0.05) is 0 Å². The minimum atomic E-state index is -3.76. The molecule has 9 nitrogen and oxygen atoms in total. The van der Waals surface area contributed by atoms with Gasteiger partial charge in [0.2, 0.25) is 10.0 Å². The van der Waals surface area contributed by atoms with Crippen molar-refractivity contribution < 1.29 is 31.9 Å². The van der Waals surface area contributed by atoms with Crippen LogP contribution in [0.3, 0.4) is 0 Å². The molecule has 0 unspecified atom stereocenters. The zero-order valence-corrected chi connectivity index (χ0v) is 14.7. The molecule has 140 valence electrons. The molecule has 26 heavy (non-hydrogen) atoms. The van der Waals surface area contributed by atoms with Gasteiger partial charge in [-0.25, -0.2) is 18.4 Å². The van der Waals surface area contributed by atoms with Crippen LogP contribution in [0.1, 0.15) is 17.5 Å². The van der Waals surface area contributed by atoms with Gasteiger partial charge < -0.3 is 19.2 Å². The molecule has 0 aliphatic rings. The number of nitrogens with one attached hydrogen (secondary N) is 1. The van der Waals surface area contributed by atoms with Crippen molar-refractivity contribution in [2.45, 2.75) is 17.9 Å². The van der Waals surface area contributed by atoms with Crippen LogP contribution in [0.15, 0.2) is 52.0 Å². The fourth-order valence-corrected chi connectivity index (χ4v) is 2.40. The molecule has 10 heteroatoms. The predicted octanol–water partition coefficient (Wildman–Crippen LogP) is 0.667. The zero-order valence-electron chi connectivity index (χ0n) is 13.9. The van der Waals surface area contributed by atoms with Crippen LogP contribution in [0.25, 0.3) is 0 Å². The molecule has 0 fully saturated rings. The number of primary sulfonamides is 1. The molecule has 2 aromatic rings. The average Bonchev–Trinajstić information content (AvgIpc) is 3.12. The second kappa shape index (κ2) is 8.50. The summed E-state index contributed by atoms with van der Waals surface area (Å²) < 4.78 is 37.5. The second-order valence-electron chi connectivity index (χ2n) is 5.20. The Hall–Kier alpha value is -2.85. The van der Waals surface area contributed by atoms with Crippen LogP contribution in [0.2, 0.25) is 0 Å². The van der Waals surface area contributed by atoms with Crippen LogP contribution in [-0.4, -0.2) is 39.5 Å². The Labute approximate surface area is 150 Å². The Bertz CT molecular complexity index is 845. The van der Waals surface area contributed by atoms with Crippen molar-refractivity contribution >= 4 is 21.9 Å². The quantitative estimate of drug-likeness (QED) is 0.505. The molecule has 0 saturated heterocycles. The molecule has 1 aromatic carbocycles. The van der Waals surface area contributed by atoms with Crippen molar-refractivity contribution in [3.05, 3.63) is 48.4 Å². The highest BCUT2D eigenvalue weighted by Gasteiger charge is 2.19. The number of sulfonamides is 1. The van der Waals surface area contributed by atoms with Crippen LogP contribution in [0.4, 0.5) is 0 Å². The van der Waals surface area contributed by atoms with E-state index in [0.717, 1.165) is 0 Å². The van der Waals surface area contributed by atoms with Gasteiger partial charge in [-0.3, -0.25) is 4.79 Å². The Kier molecular flexibility index (Phi) is 6.36. The third-order valence-corrected chi connectivity index (χ3v) is 4.12. The molecule has 1 aromatic heterocycles. The molecule has 0 radical (unpaired) electrons. The minimum absolute atomic E-state index is 0.0302. The summed E-state index contributed by atoms with van der Waals surface area (Å²) in [5, 5.41) is 7.44. The van der Waals surface area contributed by atoms with Gasteiger partial charge in [-0.1, -0.05) is 0 Å².